The van der Waals surface area contributed by atoms with Gasteiger partial charge in [0.2, 0.25) is 5.95 Å². The maximum Gasteiger partial charge on any atom is 0.224 e. The molecule has 21 heavy (non-hydrogen) atoms. The molecule has 0 radical (unpaired) electrons. The van der Waals surface area contributed by atoms with Crippen molar-refractivity contribution in [3.63, 3.8) is 0 Å². The minimum Gasteiger partial charge on any atom is -0.354 e. The van der Waals surface area contributed by atoms with Gasteiger partial charge in [0.1, 0.15) is 0 Å². The molecule has 1 aromatic heterocycles. The van der Waals surface area contributed by atoms with Gasteiger partial charge in [0.05, 0.1) is 6.20 Å². The molecule has 1 N–H and O–H groups in total. The van der Waals surface area contributed by atoms with Crippen LogP contribution < -0.4 is 10.2 Å². The fraction of sp³-hybridized carbons (Fsp3) is 0.733. The highest BCUT2D eigenvalue weighted by molar-refractivity contribution is 5.44. The van der Waals surface area contributed by atoms with Crippen LogP contribution in [0.5, 0.6) is 0 Å². The summed E-state index contributed by atoms with van der Waals surface area (Å²) in [6, 6.07) is 0. The Kier molecular flexibility index (Phi) is 4.53. The first kappa shape index (κ1) is 14.5. The summed E-state index contributed by atoms with van der Waals surface area (Å²) < 4.78 is 14.0. The van der Waals surface area contributed by atoms with Gasteiger partial charge >= 0.3 is 0 Å². The molecule has 1 saturated carbocycles. The first-order valence-corrected chi connectivity index (χ1v) is 8.00. The molecular weight excluding hydrogens is 269 g/mol. The number of halogens is 1. The monoisotopic (exact) mass is 293 g/mol. The van der Waals surface area contributed by atoms with Crippen molar-refractivity contribution >= 4 is 11.8 Å². The molecule has 3 rings (SSSR count). The van der Waals surface area contributed by atoms with Gasteiger partial charge in [0.25, 0.3) is 0 Å². The smallest absolute Gasteiger partial charge is 0.224 e. The van der Waals surface area contributed by atoms with Crippen LogP contribution in [0.15, 0.2) is 6.20 Å². The van der Waals surface area contributed by atoms with Gasteiger partial charge in [-0.15, -0.1) is 0 Å². The van der Waals surface area contributed by atoms with Crippen LogP contribution in [-0.4, -0.2) is 54.1 Å². The number of hydrogen-bond acceptors (Lipinski definition) is 5. The average Bonchev–Trinajstić information content (AvgIpc) is 3.31. The highest BCUT2D eigenvalue weighted by Gasteiger charge is 2.27. The first-order valence-electron chi connectivity index (χ1n) is 8.00. The predicted octanol–water partition coefficient (Wildman–Crippen LogP) is 1.97. The lowest BCUT2D eigenvalue weighted by molar-refractivity contribution is 0.247. The minimum atomic E-state index is -0.326. The van der Waals surface area contributed by atoms with E-state index < -0.39 is 0 Å². The van der Waals surface area contributed by atoms with E-state index in [-0.39, 0.29) is 5.82 Å². The van der Waals surface area contributed by atoms with Crippen molar-refractivity contribution in [2.45, 2.75) is 26.2 Å². The highest BCUT2D eigenvalue weighted by Crippen LogP contribution is 2.30. The van der Waals surface area contributed by atoms with Crippen LogP contribution >= 0.6 is 0 Å². The van der Waals surface area contributed by atoms with Crippen LogP contribution in [0, 0.1) is 11.7 Å². The summed E-state index contributed by atoms with van der Waals surface area (Å²) in [6.07, 6.45) is 5.03. The second kappa shape index (κ2) is 6.56. The van der Waals surface area contributed by atoms with Gasteiger partial charge in [-0.3, -0.25) is 4.90 Å². The molecule has 0 atom stereocenters. The van der Waals surface area contributed by atoms with Gasteiger partial charge < -0.3 is 10.2 Å². The molecule has 2 heterocycles. The van der Waals surface area contributed by atoms with Crippen molar-refractivity contribution in [3.8, 4) is 0 Å². The molecule has 0 aromatic carbocycles. The molecule has 5 nitrogen and oxygen atoms in total. The van der Waals surface area contributed by atoms with Crippen molar-refractivity contribution in [1.29, 1.82) is 0 Å². The Labute approximate surface area is 125 Å². The lowest BCUT2D eigenvalue weighted by Gasteiger charge is -2.35. The Hall–Kier alpha value is -1.43. The summed E-state index contributed by atoms with van der Waals surface area (Å²) in [5.74, 6) is 1.55. The number of nitrogens with one attached hydrogen (secondary N) is 1. The van der Waals surface area contributed by atoms with Crippen LogP contribution in [0.4, 0.5) is 16.2 Å². The van der Waals surface area contributed by atoms with E-state index in [0.29, 0.717) is 11.8 Å². The van der Waals surface area contributed by atoms with E-state index in [9.17, 15) is 4.39 Å². The summed E-state index contributed by atoms with van der Waals surface area (Å²) in [4.78, 5) is 12.9. The van der Waals surface area contributed by atoms with Crippen LogP contribution in [0.25, 0.3) is 0 Å². The van der Waals surface area contributed by atoms with Crippen LogP contribution in [-0.2, 0) is 0 Å². The van der Waals surface area contributed by atoms with Gasteiger partial charge in [0, 0.05) is 39.3 Å². The maximum absolute atomic E-state index is 14.0. The lowest BCUT2D eigenvalue weighted by atomic mass is 10.2. The standard InChI is InChI=1S/C15H24FN5/c1-2-5-17-15-18-10-13(16)14(19-15)21-8-6-20(7-9-21)11-12-3-4-12/h10,12H,2-9,11H2,1H3,(H,17,18,19). The third-order valence-corrected chi connectivity index (χ3v) is 4.14. The summed E-state index contributed by atoms with van der Waals surface area (Å²) >= 11 is 0. The number of hydrogen-bond donors (Lipinski definition) is 1. The number of aromatic nitrogens is 2. The Bertz CT molecular complexity index is 469. The highest BCUT2D eigenvalue weighted by atomic mass is 19.1. The molecule has 1 aliphatic heterocycles. The Balaban J connectivity index is 1.60. The van der Waals surface area contributed by atoms with Crippen LogP contribution in [0.2, 0.25) is 0 Å². The quantitative estimate of drug-likeness (QED) is 0.869. The molecule has 2 aliphatic rings. The molecule has 0 bridgehead atoms. The van der Waals surface area contributed by atoms with E-state index in [1.807, 2.05) is 4.90 Å². The van der Waals surface area contributed by atoms with Crippen LogP contribution in [0.1, 0.15) is 26.2 Å². The second-order valence-electron chi connectivity index (χ2n) is 6.02. The van der Waals surface area contributed by atoms with Crippen molar-refractivity contribution < 1.29 is 4.39 Å². The summed E-state index contributed by atoms with van der Waals surface area (Å²) in [6.45, 7) is 7.78. The average molecular weight is 293 g/mol. The number of piperazine rings is 1. The van der Waals surface area contributed by atoms with E-state index in [4.69, 9.17) is 0 Å². The Morgan fingerprint density at radius 1 is 1.29 bits per heavy atom. The van der Waals surface area contributed by atoms with E-state index in [0.717, 1.165) is 45.1 Å². The third-order valence-electron chi connectivity index (χ3n) is 4.14. The molecular formula is C15H24FN5. The largest absolute Gasteiger partial charge is 0.354 e. The second-order valence-corrected chi connectivity index (χ2v) is 6.02. The number of rotatable bonds is 6. The van der Waals surface area contributed by atoms with Gasteiger partial charge in [-0.2, -0.15) is 4.98 Å². The maximum atomic E-state index is 14.0. The third kappa shape index (κ3) is 3.81. The first-order chi connectivity index (χ1) is 10.3. The lowest BCUT2D eigenvalue weighted by Crippen LogP contribution is -2.47. The molecule has 2 fully saturated rings. The zero-order valence-electron chi connectivity index (χ0n) is 12.7. The molecule has 1 aliphatic carbocycles. The molecule has 116 valence electrons. The van der Waals surface area contributed by atoms with Crippen LogP contribution in [0.3, 0.4) is 0 Å². The van der Waals surface area contributed by atoms with Gasteiger partial charge in [-0.25, -0.2) is 9.37 Å². The minimum absolute atomic E-state index is 0.326. The fourth-order valence-electron chi connectivity index (χ4n) is 2.71. The van der Waals surface area contributed by atoms with Crippen molar-refractivity contribution in [2.75, 3.05) is 49.5 Å². The summed E-state index contributed by atoms with van der Waals surface area (Å²) in [5.41, 5.74) is 0. The zero-order valence-corrected chi connectivity index (χ0v) is 12.7. The topological polar surface area (TPSA) is 44.3 Å². The van der Waals surface area contributed by atoms with Gasteiger partial charge in [0.15, 0.2) is 11.6 Å². The molecule has 0 spiro atoms. The Morgan fingerprint density at radius 2 is 2.05 bits per heavy atom. The molecule has 1 saturated heterocycles. The normalized spacial score (nSPS) is 19.8. The number of nitrogens with zero attached hydrogens (tertiary/aromatic N) is 4. The molecule has 0 unspecified atom stereocenters. The van der Waals surface area contributed by atoms with Gasteiger partial charge in [-0.05, 0) is 25.2 Å². The number of anilines is 2. The fourth-order valence-corrected chi connectivity index (χ4v) is 2.71. The summed E-state index contributed by atoms with van der Waals surface area (Å²) in [5, 5.41) is 3.12. The molecule has 6 heteroatoms. The van der Waals surface area contributed by atoms with Crippen molar-refractivity contribution in [2.24, 2.45) is 5.92 Å². The molecule has 0 amide bonds. The predicted molar refractivity (Wildman–Crippen MR) is 82.1 cm³/mol. The van der Waals surface area contributed by atoms with E-state index in [2.05, 4.69) is 27.1 Å². The molecule has 1 aromatic rings. The van der Waals surface area contributed by atoms with E-state index >= 15 is 0 Å². The van der Waals surface area contributed by atoms with Crippen molar-refractivity contribution in [1.82, 2.24) is 14.9 Å². The Morgan fingerprint density at radius 3 is 2.71 bits per heavy atom. The van der Waals surface area contributed by atoms with Crippen molar-refractivity contribution in [3.05, 3.63) is 12.0 Å². The van der Waals surface area contributed by atoms with E-state index in [1.54, 1.807) is 0 Å². The zero-order chi connectivity index (χ0) is 14.7. The summed E-state index contributed by atoms with van der Waals surface area (Å²) in [7, 11) is 0. The SMILES string of the molecule is CCCNc1ncc(F)c(N2CCN(CC3CC3)CC2)n1. The van der Waals surface area contributed by atoms with E-state index in [1.165, 1.54) is 25.6 Å². The van der Waals surface area contributed by atoms with Gasteiger partial charge in [-0.1, -0.05) is 6.92 Å².